The van der Waals surface area contributed by atoms with Crippen LogP contribution in [0.4, 0.5) is 0 Å². The Kier molecular flexibility index (Phi) is 5.99. The highest BCUT2D eigenvalue weighted by Crippen LogP contribution is 2.23. The molecule has 0 saturated carbocycles. The van der Waals surface area contributed by atoms with Crippen LogP contribution in [-0.4, -0.2) is 17.3 Å². The molecular weight excluding hydrogens is 402 g/mol. The highest BCUT2D eigenvalue weighted by Gasteiger charge is 2.29. The van der Waals surface area contributed by atoms with Crippen molar-refractivity contribution in [1.82, 2.24) is 5.32 Å². The Labute approximate surface area is 170 Å². The maximum Gasteiger partial charge on any atom is 0.263 e. The molecule has 0 saturated heterocycles. The van der Waals surface area contributed by atoms with Crippen molar-refractivity contribution >= 4 is 46.0 Å². The van der Waals surface area contributed by atoms with Gasteiger partial charge in [-0.25, -0.2) is 0 Å². The van der Waals surface area contributed by atoms with Gasteiger partial charge in [0.05, 0.1) is 16.3 Å². The fourth-order valence-electron chi connectivity index (χ4n) is 2.35. The number of ether oxygens (including phenoxy) is 1. The second-order valence-electron chi connectivity index (χ2n) is 6.32. The van der Waals surface area contributed by atoms with Gasteiger partial charge in [0.2, 0.25) is 5.78 Å². The molecule has 0 atom stereocenters. The second kappa shape index (κ2) is 8.25. The summed E-state index contributed by atoms with van der Waals surface area (Å²) in [6, 6.07) is 14.2. The van der Waals surface area contributed by atoms with Gasteiger partial charge in [-0.15, -0.1) is 22.7 Å². The number of amides is 1. The van der Waals surface area contributed by atoms with E-state index >= 15 is 0 Å². The molecule has 0 aliphatic carbocycles. The van der Waals surface area contributed by atoms with E-state index in [-0.39, 0.29) is 11.7 Å². The number of nitrogens with one attached hydrogen (secondary N) is 1. The number of thiophene rings is 2. The molecule has 0 aliphatic rings. The second-order valence-corrected chi connectivity index (χ2v) is 8.87. The predicted octanol–water partition coefficient (Wildman–Crippen LogP) is 5.17. The van der Waals surface area contributed by atoms with E-state index in [2.05, 4.69) is 5.32 Å². The van der Waals surface area contributed by atoms with Crippen molar-refractivity contribution in [3.8, 4) is 5.75 Å². The van der Waals surface area contributed by atoms with Crippen molar-refractivity contribution in [2.45, 2.75) is 26.0 Å². The molecule has 4 nitrogen and oxygen atoms in total. The summed E-state index contributed by atoms with van der Waals surface area (Å²) in [5.74, 6) is 0.343. The molecule has 0 bridgehead atoms. The first-order valence-electron chi connectivity index (χ1n) is 8.25. The molecular formula is C20H18ClNO3S2. The molecule has 0 unspecified atom stereocenters. The van der Waals surface area contributed by atoms with E-state index in [9.17, 15) is 9.59 Å². The Bertz CT molecular complexity index is 931. The van der Waals surface area contributed by atoms with Crippen LogP contribution in [0.1, 0.15) is 33.3 Å². The molecule has 1 aromatic carbocycles. The number of carbonyl (C=O) groups is 2. The Morgan fingerprint density at radius 1 is 1.07 bits per heavy atom. The van der Waals surface area contributed by atoms with Crippen LogP contribution in [0, 0.1) is 0 Å². The Morgan fingerprint density at radius 2 is 1.81 bits per heavy atom. The lowest BCUT2D eigenvalue weighted by atomic mass is 10.1. The zero-order valence-electron chi connectivity index (χ0n) is 14.8. The zero-order chi connectivity index (χ0) is 19.4. The number of benzene rings is 1. The standard InChI is InChI=1S/C20H18ClNO3S2/c1-20(2,25-14-7-5-13(21)6-8-14)19(24)22-12-15-9-10-17(27-15)18(23)16-4-3-11-26-16/h3-11H,12H2,1-2H3,(H,22,24). The minimum atomic E-state index is -1.04. The summed E-state index contributed by atoms with van der Waals surface area (Å²) in [6.07, 6.45) is 0. The third-order valence-electron chi connectivity index (χ3n) is 3.79. The maximum atomic E-state index is 12.5. The fraction of sp³-hybridized carbons (Fsp3) is 0.200. The maximum absolute atomic E-state index is 12.5. The molecule has 0 fully saturated rings. The highest BCUT2D eigenvalue weighted by atomic mass is 35.5. The van der Waals surface area contributed by atoms with Gasteiger partial charge in [0.15, 0.2) is 5.60 Å². The van der Waals surface area contributed by atoms with Crippen LogP contribution >= 0.6 is 34.3 Å². The molecule has 2 heterocycles. The average molecular weight is 420 g/mol. The van der Waals surface area contributed by atoms with E-state index in [1.54, 1.807) is 44.2 Å². The van der Waals surface area contributed by atoms with E-state index in [4.69, 9.17) is 16.3 Å². The van der Waals surface area contributed by atoms with Crippen LogP contribution in [0.15, 0.2) is 53.9 Å². The van der Waals surface area contributed by atoms with Gasteiger partial charge in [0.25, 0.3) is 5.91 Å². The van der Waals surface area contributed by atoms with Crippen molar-refractivity contribution in [2.24, 2.45) is 0 Å². The molecule has 0 aliphatic heterocycles. The quantitative estimate of drug-likeness (QED) is 0.537. The highest BCUT2D eigenvalue weighted by molar-refractivity contribution is 7.16. The van der Waals surface area contributed by atoms with Gasteiger partial charge < -0.3 is 10.1 Å². The monoisotopic (exact) mass is 419 g/mol. The lowest BCUT2D eigenvalue weighted by molar-refractivity contribution is -0.134. The lowest BCUT2D eigenvalue weighted by Gasteiger charge is -2.25. The normalized spacial score (nSPS) is 11.2. The molecule has 3 aromatic rings. The summed E-state index contributed by atoms with van der Waals surface area (Å²) in [5.41, 5.74) is -1.04. The molecule has 1 N–H and O–H groups in total. The number of ketones is 1. The van der Waals surface area contributed by atoms with Gasteiger partial charge in [-0.2, -0.15) is 0 Å². The van der Waals surface area contributed by atoms with E-state index < -0.39 is 5.60 Å². The first kappa shape index (κ1) is 19.6. The Balaban J connectivity index is 1.58. The minimum absolute atomic E-state index is 0.0129. The summed E-state index contributed by atoms with van der Waals surface area (Å²) < 4.78 is 5.78. The zero-order valence-corrected chi connectivity index (χ0v) is 17.2. The molecule has 1 amide bonds. The Morgan fingerprint density at radius 3 is 2.48 bits per heavy atom. The van der Waals surface area contributed by atoms with Crippen LogP contribution in [0.5, 0.6) is 5.75 Å². The molecule has 0 spiro atoms. The van der Waals surface area contributed by atoms with E-state index in [0.717, 1.165) is 4.88 Å². The van der Waals surface area contributed by atoms with Gasteiger partial charge in [0, 0.05) is 9.90 Å². The first-order chi connectivity index (χ1) is 12.8. The number of hydrogen-bond acceptors (Lipinski definition) is 5. The van der Waals surface area contributed by atoms with E-state index in [1.165, 1.54) is 22.7 Å². The third kappa shape index (κ3) is 4.97. The summed E-state index contributed by atoms with van der Waals surface area (Å²) in [6.45, 7) is 3.75. The van der Waals surface area contributed by atoms with Crippen LogP contribution in [0.3, 0.4) is 0 Å². The van der Waals surface area contributed by atoms with Gasteiger partial charge in [-0.3, -0.25) is 9.59 Å². The molecule has 7 heteroatoms. The fourth-order valence-corrected chi connectivity index (χ4v) is 4.12. The van der Waals surface area contributed by atoms with Crippen molar-refractivity contribution in [3.05, 3.63) is 73.6 Å². The topological polar surface area (TPSA) is 55.4 Å². The lowest BCUT2D eigenvalue weighted by Crippen LogP contribution is -2.46. The number of carbonyl (C=O) groups excluding carboxylic acids is 2. The van der Waals surface area contributed by atoms with Crippen molar-refractivity contribution < 1.29 is 14.3 Å². The predicted molar refractivity (Wildman–Crippen MR) is 110 cm³/mol. The van der Waals surface area contributed by atoms with Crippen molar-refractivity contribution in [2.75, 3.05) is 0 Å². The minimum Gasteiger partial charge on any atom is -0.478 e. The average Bonchev–Trinajstić information content (AvgIpc) is 3.33. The summed E-state index contributed by atoms with van der Waals surface area (Å²) in [5, 5.41) is 5.36. The van der Waals surface area contributed by atoms with Crippen LogP contribution < -0.4 is 10.1 Å². The molecule has 0 radical (unpaired) electrons. The molecule has 27 heavy (non-hydrogen) atoms. The van der Waals surface area contributed by atoms with Crippen LogP contribution in [-0.2, 0) is 11.3 Å². The number of rotatable bonds is 7. The third-order valence-corrected chi connectivity index (χ3v) is 5.99. The van der Waals surface area contributed by atoms with Crippen LogP contribution in [0.25, 0.3) is 0 Å². The summed E-state index contributed by atoms with van der Waals surface area (Å²) >= 11 is 8.67. The first-order valence-corrected chi connectivity index (χ1v) is 10.3. The molecule has 2 aromatic heterocycles. The smallest absolute Gasteiger partial charge is 0.263 e. The molecule has 3 rings (SSSR count). The van der Waals surface area contributed by atoms with E-state index in [0.29, 0.717) is 27.1 Å². The molecule has 140 valence electrons. The van der Waals surface area contributed by atoms with Crippen LogP contribution in [0.2, 0.25) is 5.02 Å². The number of halogens is 1. The summed E-state index contributed by atoms with van der Waals surface area (Å²) in [4.78, 5) is 27.1. The number of hydrogen-bond donors (Lipinski definition) is 1. The van der Waals surface area contributed by atoms with Gasteiger partial charge >= 0.3 is 0 Å². The van der Waals surface area contributed by atoms with Gasteiger partial charge in [-0.05, 0) is 61.7 Å². The summed E-state index contributed by atoms with van der Waals surface area (Å²) in [7, 11) is 0. The van der Waals surface area contributed by atoms with Crippen molar-refractivity contribution in [3.63, 3.8) is 0 Å². The van der Waals surface area contributed by atoms with Gasteiger partial charge in [0.1, 0.15) is 5.75 Å². The van der Waals surface area contributed by atoms with Crippen molar-refractivity contribution in [1.29, 1.82) is 0 Å². The largest absolute Gasteiger partial charge is 0.478 e. The van der Waals surface area contributed by atoms with E-state index in [1.807, 2.05) is 23.6 Å². The SMILES string of the molecule is CC(C)(Oc1ccc(Cl)cc1)C(=O)NCc1ccc(C(=O)c2cccs2)s1. The van der Waals surface area contributed by atoms with Gasteiger partial charge in [-0.1, -0.05) is 17.7 Å². The Hall–Kier alpha value is -2.15.